The second-order valence-corrected chi connectivity index (χ2v) is 5.02. The predicted octanol–water partition coefficient (Wildman–Crippen LogP) is 0.979. The average molecular weight is 295 g/mol. The van der Waals surface area contributed by atoms with E-state index < -0.39 is 5.97 Å². The number of amides is 1. The largest absolute Gasteiger partial charge is 0.481 e. The summed E-state index contributed by atoms with van der Waals surface area (Å²) in [6.45, 7) is 6.08. The SMILES string of the molecule is CCCn1nc(C(=O)N(CCC(=O)O)C(C)C)ccc1=O. The van der Waals surface area contributed by atoms with Crippen LogP contribution >= 0.6 is 0 Å². The zero-order chi connectivity index (χ0) is 16.0. The number of carbonyl (C=O) groups excluding carboxylic acids is 1. The molecular formula is C14H21N3O4. The highest BCUT2D eigenvalue weighted by atomic mass is 16.4. The first-order chi connectivity index (χ1) is 9.86. The summed E-state index contributed by atoms with van der Waals surface area (Å²) in [6, 6.07) is 2.55. The fraction of sp³-hybridized carbons (Fsp3) is 0.571. The molecule has 0 radical (unpaired) electrons. The molecule has 1 amide bonds. The van der Waals surface area contributed by atoms with Crippen molar-refractivity contribution in [1.82, 2.24) is 14.7 Å². The summed E-state index contributed by atoms with van der Waals surface area (Å²) in [6.07, 6.45) is 0.607. The Kier molecular flexibility index (Phi) is 6.08. The molecule has 0 aliphatic heterocycles. The summed E-state index contributed by atoms with van der Waals surface area (Å²) >= 11 is 0. The summed E-state index contributed by atoms with van der Waals surface area (Å²) in [4.78, 5) is 36.1. The van der Waals surface area contributed by atoms with Crippen LogP contribution in [-0.2, 0) is 11.3 Å². The number of aromatic nitrogens is 2. The summed E-state index contributed by atoms with van der Waals surface area (Å²) in [5.74, 6) is -1.33. The first kappa shape index (κ1) is 16.9. The van der Waals surface area contributed by atoms with Gasteiger partial charge in [-0.25, -0.2) is 4.68 Å². The lowest BCUT2D eigenvalue weighted by Gasteiger charge is -2.25. The van der Waals surface area contributed by atoms with Crippen molar-refractivity contribution in [3.05, 3.63) is 28.2 Å². The van der Waals surface area contributed by atoms with Crippen molar-refractivity contribution < 1.29 is 14.7 Å². The normalized spacial score (nSPS) is 10.7. The van der Waals surface area contributed by atoms with Crippen LogP contribution < -0.4 is 5.56 Å². The van der Waals surface area contributed by atoms with Gasteiger partial charge >= 0.3 is 5.97 Å². The van der Waals surface area contributed by atoms with Crippen LogP contribution in [0.2, 0.25) is 0 Å². The molecule has 0 saturated heterocycles. The van der Waals surface area contributed by atoms with Crippen LogP contribution in [0.1, 0.15) is 44.1 Å². The fourth-order valence-corrected chi connectivity index (χ4v) is 1.89. The van der Waals surface area contributed by atoms with Crippen LogP contribution in [0.5, 0.6) is 0 Å². The minimum Gasteiger partial charge on any atom is -0.481 e. The highest BCUT2D eigenvalue weighted by Gasteiger charge is 2.21. The van der Waals surface area contributed by atoms with Crippen molar-refractivity contribution in [2.24, 2.45) is 0 Å². The van der Waals surface area contributed by atoms with E-state index >= 15 is 0 Å². The fourth-order valence-electron chi connectivity index (χ4n) is 1.89. The molecule has 1 aromatic rings. The molecule has 0 unspecified atom stereocenters. The Morgan fingerprint density at radius 2 is 2.05 bits per heavy atom. The smallest absolute Gasteiger partial charge is 0.305 e. The summed E-state index contributed by atoms with van der Waals surface area (Å²) in [7, 11) is 0. The van der Waals surface area contributed by atoms with Crippen molar-refractivity contribution >= 4 is 11.9 Å². The van der Waals surface area contributed by atoms with Gasteiger partial charge in [0.2, 0.25) is 0 Å². The third kappa shape index (κ3) is 4.70. The summed E-state index contributed by atoms with van der Waals surface area (Å²) < 4.78 is 1.25. The van der Waals surface area contributed by atoms with E-state index in [1.54, 1.807) is 0 Å². The minimum atomic E-state index is -0.961. The Morgan fingerprint density at radius 3 is 2.57 bits per heavy atom. The van der Waals surface area contributed by atoms with Crippen molar-refractivity contribution in [3.8, 4) is 0 Å². The number of hydrogen-bond acceptors (Lipinski definition) is 4. The van der Waals surface area contributed by atoms with E-state index in [1.165, 1.54) is 21.7 Å². The number of carboxylic acids is 1. The van der Waals surface area contributed by atoms with Gasteiger partial charge in [-0.2, -0.15) is 5.10 Å². The molecule has 7 nitrogen and oxygen atoms in total. The molecule has 21 heavy (non-hydrogen) atoms. The Labute approximate surface area is 123 Å². The first-order valence-corrected chi connectivity index (χ1v) is 6.97. The summed E-state index contributed by atoms with van der Waals surface area (Å²) in [5.41, 5.74) is -0.0998. The molecule has 0 spiro atoms. The van der Waals surface area contributed by atoms with E-state index in [4.69, 9.17) is 5.11 Å². The van der Waals surface area contributed by atoms with Gasteiger partial charge in [-0.15, -0.1) is 0 Å². The van der Waals surface area contributed by atoms with Crippen LogP contribution in [0.3, 0.4) is 0 Å². The lowest BCUT2D eigenvalue weighted by Crippen LogP contribution is -2.40. The molecule has 0 bridgehead atoms. The van der Waals surface area contributed by atoms with E-state index in [-0.39, 0.29) is 36.2 Å². The van der Waals surface area contributed by atoms with Gasteiger partial charge in [-0.3, -0.25) is 14.4 Å². The highest BCUT2D eigenvalue weighted by Crippen LogP contribution is 2.06. The molecule has 0 atom stereocenters. The van der Waals surface area contributed by atoms with Crippen LogP contribution in [0.15, 0.2) is 16.9 Å². The molecule has 1 N–H and O–H groups in total. The number of aliphatic carboxylic acids is 1. The maximum absolute atomic E-state index is 12.4. The van der Waals surface area contributed by atoms with Crippen LogP contribution in [0.25, 0.3) is 0 Å². The molecule has 0 fully saturated rings. The Hall–Kier alpha value is -2.18. The molecule has 1 heterocycles. The lowest BCUT2D eigenvalue weighted by atomic mass is 10.2. The number of hydrogen-bond donors (Lipinski definition) is 1. The number of rotatable bonds is 7. The van der Waals surface area contributed by atoms with E-state index in [0.717, 1.165) is 6.42 Å². The van der Waals surface area contributed by atoms with E-state index in [1.807, 2.05) is 20.8 Å². The minimum absolute atomic E-state index is 0.112. The molecule has 116 valence electrons. The standard InChI is InChI=1S/C14H21N3O4/c1-4-8-17-12(18)6-5-11(15-17)14(21)16(10(2)3)9-7-13(19)20/h5-6,10H,4,7-9H2,1-3H3,(H,19,20). The van der Waals surface area contributed by atoms with Crippen LogP contribution in [0, 0.1) is 0 Å². The molecule has 7 heteroatoms. The molecule has 0 aromatic carbocycles. The molecule has 1 aromatic heterocycles. The van der Waals surface area contributed by atoms with Crippen molar-refractivity contribution in [2.75, 3.05) is 6.54 Å². The zero-order valence-electron chi connectivity index (χ0n) is 12.6. The molecular weight excluding hydrogens is 274 g/mol. The van der Waals surface area contributed by atoms with Crippen molar-refractivity contribution in [2.45, 2.75) is 46.2 Å². The Morgan fingerprint density at radius 1 is 1.38 bits per heavy atom. The van der Waals surface area contributed by atoms with E-state index in [2.05, 4.69) is 5.10 Å². The van der Waals surface area contributed by atoms with Gasteiger partial charge in [0.05, 0.1) is 6.42 Å². The van der Waals surface area contributed by atoms with E-state index in [9.17, 15) is 14.4 Å². The zero-order valence-corrected chi connectivity index (χ0v) is 12.6. The number of carbonyl (C=O) groups is 2. The Balaban J connectivity index is 3.00. The lowest BCUT2D eigenvalue weighted by molar-refractivity contribution is -0.137. The third-order valence-electron chi connectivity index (χ3n) is 2.97. The Bertz CT molecular complexity index is 566. The monoisotopic (exact) mass is 295 g/mol. The quantitative estimate of drug-likeness (QED) is 0.809. The molecule has 1 rings (SSSR count). The third-order valence-corrected chi connectivity index (χ3v) is 2.97. The van der Waals surface area contributed by atoms with E-state index in [0.29, 0.717) is 6.54 Å². The average Bonchev–Trinajstić information content (AvgIpc) is 2.40. The van der Waals surface area contributed by atoms with Crippen LogP contribution in [-0.4, -0.2) is 44.3 Å². The van der Waals surface area contributed by atoms with Gasteiger partial charge in [-0.1, -0.05) is 6.92 Å². The van der Waals surface area contributed by atoms with Gasteiger partial charge < -0.3 is 10.0 Å². The summed E-state index contributed by atoms with van der Waals surface area (Å²) in [5, 5.41) is 12.8. The second kappa shape index (κ2) is 7.56. The van der Waals surface area contributed by atoms with Crippen LogP contribution in [0.4, 0.5) is 0 Å². The molecule has 0 aliphatic carbocycles. The van der Waals surface area contributed by atoms with Gasteiger partial charge in [-0.05, 0) is 26.3 Å². The topological polar surface area (TPSA) is 92.5 Å². The second-order valence-electron chi connectivity index (χ2n) is 5.02. The molecule has 0 saturated carbocycles. The predicted molar refractivity (Wildman–Crippen MR) is 77.2 cm³/mol. The molecule has 0 aliphatic rings. The number of carboxylic acid groups (broad SMARTS) is 1. The highest BCUT2D eigenvalue weighted by molar-refractivity contribution is 5.92. The maximum Gasteiger partial charge on any atom is 0.305 e. The van der Waals surface area contributed by atoms with Crippen molar-refractivity contribution in [3.63, 3.8) is 0 Å². The first-order valence-electron chi connectivity index (χ1n) is 6.97. The van der Waals surface area contributed by atoms with Gasteiger partial charge in [0.1, 0.15) is 5.69 Å². The number of nitrogens with zero attached hydrogens (tertiary/aromatic N) is 3. The number of aryl methyl sites for hydroxylation is 1. The maximum atomic E-state index is 12.4. The van der Waals surface area contributed by atoms with Crippen molar-refractivity contribution in [1.29, 1.82) is 0 Å². The van der Waals surface area contributed by atoms with Gasteiger partial charge in [0, 0.05) is 25.2 Å². The van der Waals surface area contributed by atoms with Gasteiger partial charge in [0.25, 0.3) is 11.5 Å². The van der Waals surface area contributed by atoms with Gasteiger partial charge in [0.15, 0.2) is 0 Å².